The van der Waals surface area contributed by atoms with Gasteiger partial charge in [-0.15, -0.1) is 0 Å². The van der Waals surface area contributed by atoms with Crippen LogP contribution in [0.5, 0.6) is 5.75 Å². The molecule has 0 bridgehead atoms. The number of ether oxygens (including phenoxy) is 2. The van der Waals surface area contributed by atoms with Crippen LogP contribution in [0, 0.1) is 5.82 Å². The molecule has 0 fully saturated rings. The van der Waals surface area contributed by atoms with Crippen LogP contribution in [0.1, 0.15) is 44.2 Å². The van der Waals surface area contributed by atoms with Crippen molar-refractivity contribution < 1.29 is 13.9 Å². The zero-order chi connectivity index (χ0) is 13.5. The van der Waals surface area contributed by atoms with Gasteiger partial charge in [-0.2, -0.15) is 0 Å². The summed E-state index contributed by atoms with van der Waals surface area (Å²) in [5.41, 5.74) is 2.26. The molecule has 0 spiro atoms. The van der Waals surface area contributed by atoms with Gasteiger partial charge in [-0.05, 0) is 42.0 Å². The van der Waals surface area contributed by atoms with Gasteiger partial charge >= 0.3 is 0 Å². The molecule has 102 valence electrons. The van der Waals surface area contributed by atoms with Gasteiger partial charge in [0.2, 0.25) is 0 Å². The SMILES string of the molecule is CCc1cc(OCCOC)c(F)cc1C(C)CC. The van der Waals surface area contributed by atoms with Crippen LogP contribution in [0.15, 0.2) is 12.1 Å². The summed E-state index contributed by atoms with van der Waals surface area (Å²) in [5, 5.41) is 0. The second kappa shape index (κ2) is 7.37. The lowest BCUT2D eigenvalue weighted by molar-refractivity contribution is 0.143. The van der Waals surface area contributed by atoms with Gasteiger partial charge in [-0.25, -0.2) is 4.39 Å². The highest BCUT2D eigenvalue weighted by molar-refractivity contribution is 5.39. The zero-order valence-electron chi connectivity index (χ0n) is 11.8. The first-order valence-electron chi connectivity index (χ1n) is 6.58. The lowest BCUT2D eigenvalue weighted by Gasteiger charge is -2.16. The van der Waals surface area contributed by atoms with Crippen molar-refractivity contribution in [3.8, 4) is 5.75 Å². The fourth-order valence-corrected chi connectivity index (χ4v) is 1.94. The van der Waals surface area contributed by atoms with Gasteiger partial charge in [-0.1, -0.05) is 20.8 Å². The largest absolute Gasteiger partial charge is 0.488 e. The van der Waals surface area contributed by atoms with Gasteiger partial charge < -0.3 is 9.47 Å². The third-order valence-corrected chi connectivity index (χ3v) is 3.26. The summed E-state index contributed by atoms with van der Waals surface area (Å²) in [6, 6.07) is 3.45. The highest BCUT2D eigenvalue weighted by Gasteiger charge is 2.13. The molecule has 1 aromatic rings. The van der Waals surface area contributed by atoms with Crippen LogP contribution in [0.2, 0.25) is 0 Å². The number of aryl methyl sites for hydroxylation is 1. The number of benzene rings is 1. The average Bonchev–Trinajstić information content (AvgIpc) is 2.39. The van der Waals surface area contributed by atoms with Gasteiger partial charge in [0.15, 0.2) is 11.6 Å². The summed E-state index contributed by atoms with van der Waals surface area (Å²) in [5.74, 6) is 0.428. The van der Waals surface area contributed by atoms with E-state index in [2.05, 4.69) is 20.8 Å². The molecule has 0 aromatic heterocycles. The topological polar surface area (TPSA) is 18.5 Å². The maximum absolute atomic E-state index is 13.9. The Morgan fingerprint density at radius 2 is 1.94 bits per heavy atom. The molecule has 0 aliphatic rings. The molecule has 0 saturated carbocycles. The zero-order valence-corrected chi connectivity index (χ0v) is 11.8. The average molecular weight is 254 g/mol. The third kappa shape index (κ3) is 3.70. The second-order valence-electron chi connectivity index (χ2n) is 4.49. The minimum atomic E-state index is -0.279. The van der Waals surface area contributed by atoms with Crippen LogP contribution >= 0.6 is 0 Å². The van der Waals surface area contributed by atoms with Gasteiger partial charge in [0.25, 0.3) is 0 Å². The minimum Gasteiger partial charge on any atom is -0.488 e. The molecule has 1 rings (SSSR count). The minimum absolute atomic E-state index is 0.279. The summed E-state index contributed by atoms with van der Waals surface area (Å²) in [6.07, 6.45) is 1.90. The Labute approximate surface area is 109 Å². The monoisotopic (exact) mass is 254 g/mol. The number of halogens is 1. The van der Waals surface area contributed by atoms with Crippen molar-refractivity contribution in [3.63, 3.8) is 0 Å². The predicted octanol–water partition coefficient (Wildman–Crippen LogP) is 3.93. The summed E-state index contributed by atoms with van der Waals surface area (Å²) in [4.78, 5) is 0. The van der Waals surface area contributed by atoms with E-state index in [9.17, 15) is 4.39 Å². The van der Waals surface area contributed by atoms with Crippen molar-refractivity contribution in [2.45, 2.75) is 39.5 Å². The quantitative estimate of drug-likeness (QED) is 0.686. The molecule has 1 atom stereocenters. The molecule has 0 aliphatic heterocycles. The van der Waals surface area contributed by atoms with E-state index in [0.29, 0.717) is 24.9 Å². The Morgan fingerprint density at radius 3 is 2.50 bits per heavy atom. The van der Waals surface area contributed by atoms with E-state index in [-0.39, 0.29) is 5.82 Å². The first-order valence-corrected chi connectivity index (χ1v) is 6.58. The van der Waals surface area contributed by atoms with Crippen LogP contribution in [0.25, 0.3) is 0 Å². The Kier molecular flexibility index (Phi) is 6.13. The van der Waals surface area contributed by atoms with Crippen LogP contribution in [0.4, 0.5) is 4.39 Å². The molecule has 0 saturated heterocycles. The van der Waals surface area contributed by atoms with E-state index < -0.39 is 0 Å². The van der Waals surface area contributed by atoms with Gasteiger partial charge in [-0.3, -0.25) is 0 Å². The van der Waals surface area contributed by atoms with E-state index in [1.165, 1.54) is 0 Å². The fourth-order valence-electron chi connectivity index (χ4n) is 1.94. The van der Waals surface area contributed by atoms with Gasteiger partial charge in [0, 0.05) is 7.11 Å². The summed E-state index contributed by atoms with van der Waals surface area (Å²) >= 11 is 0. The van der Waals surface area contributed by atoms with E-state index in [1.54, 1.807) is 13.2 Å². The lowest BCUT2D eigenvalue weighted by atomic mass is 9.92. The Bertz CT molecular complexity index is 377. The molecular weight excluding hydrogens is 231 g/mol. The lowest BCUT2D eigenvalue weighted by Crippen LogP contribution is -2.07. The normalized spacial score (nSPS) is 12.5. The van der Waals surface area contributed by atoms with E-state index in [0.717, 1.165) is 24.0 Å². The smallest absolute Gasteiger partial charge is 0.165 e. The van der Waals surface area contributed by atoms with Gasteiger partial charge in [0.1, 0.15) is 6.61 Å². The number of methoxy groups -OCH3 is 1. The van der Waals surface area contributed by atoms with Crippen molar-refractivity contribution in [2.24, 2.45) is 0 Å². The van der Waals surface area contributed by atoms with E-state index in [4.69, 9.17) is 9.47 Å². The van der Waals surface area contributed by atoms with Crippen LogP contribution in [-0.2, 0) is 11.2 Å². The molecule has 2 nitrogen and oxygen atoms in total. The molecule has 0 amide bonds. The number of rotatable bonds is 7. The van der Waals surface area contributed by atoms with Crippen molar-refractivity contribution in [2.75, 3.05) is 20.3 Å². The van der Waals surface area contributed by atoms with Crippen molar-refractivity contribution in [1.82, 2.24) is 0 Å². The van der Waals surface area contributed by atoms with Crippen molar-refractivity contribution >= 4 is 0 Å². The molecule has 0 heterocycles. The fraction of sp³-hybridized carbons (Fsp3) is 0.600. The van der Waals surface area contributed by atoms with Crippen molar-refractivity contribution in [1.29, 1.82) is 0 Å². The molecule has 0 N–H and O–H groups in total. The van der Waals surface area contributed by atoms with E-state index in [1.807, 2.05) is 6.07 Å². The summed E-state index contributed by atoms with van der Waals surface area (Å²) in [7, 11) is 1.60. The second-order valence-corrected chi connectivity index (χ2v) is 4.49. The Balaban J connectivity index is 2.95. The highest BCUT2D eigenvalue weighted by atomic mass is 19.1. The van der Waals surface area contributed by atoms with Crippen molar-refractivity contribution in [3.05, 3.63) is 29.1 Å². The number of hydrogen-bond acceptors (Lipinski definition) is 2. The van der Waals surface area contributed by atoms with Crippen LogP contribution in [0.3, 0.4) is 0 Å². The first-order chi connectivity index (χ1) is 8.63. The standard InChI is InChI=1S/C15H23FO2/c1-5-11(3)13-10-14(16)15(9-12(13)6-2)18-8-7-17-4/h9-11H,5-8H2,1-4H3. The molecule has 1 unspecified atom stereocenters. The molecule has 18 heavy (non-hydrogen) atoms. The predicted molar refractivity (Wildman–Crippen MR) is 71.9 cm³/mol. The molecule has 1 aromatic carbocycles. The van der Waals surface area contributed by atoms with Gasteiger partial charge in [0.05, 0.1) is 6.61 Å². The Morgan fingerprint density at radius 1 is 1.22 bits per heavy atom. The number of hydrogen-bond donors (Lipinski definition) is 0. The highest BCUT2D eigenvalue weighted by Crippen LogP contribution is 2.29. The third-order valence-electron chi connectivity index (χ3n) is 3.26. The first kappa shape index (κ1) is 15.0. The summed E-state index contributed by atoms with van der Waals surface area (Å²) < 4.78 is 24.2. The molecule has 0 radical (unpaired) electrons. The molecule has 0 aliphatic carbocycles. The molecule has 3 heteroatoms. The van der Waals surface area contributed by atoms with Crippen LogP contribution in [-0.4, -0.2) is 20.3 Å². The Hall–Kier alpha value is -1.09. The maximum atomic E-state index is 13.9. The summed E-state index contributed by atoms with van der Waals surface area (Å²) in [6.45, 7) is 7.16. The van der Waals surface area contributed by atoms with Crippen LogP contribution < -0.4 is 4.74 Å². The maximum Gasteiger partial charge on any atom is 0.165 e. The molecular formula is C15H23FO2. The van der Waals surface area contributed by atoms with E-state index >= 15 is 0 Å².